The molecule has 1 saturated heterocycles. The molecule has 1 aliphatic heterocycles. The molecule has 30 heavy (non-hydrogen) atoms. The summed E-state index contributed by atoms with van der Waals surface area (Å²) in [5.41, 5.74) is 6.55. The van der Waals surface area contributed by atoms with Gasteiger partial charge in [-0.15, -0.1) is 5.06 Å². The highest BCUT2D eigenvalue weighted by Crippen LogP contribution is 2.16. The summed E-state index contributed by atoms with van der Waals surface area (Å²) < 4.78 is 0. The van der Waals surface area contributed by atoms with Crippen molar-refractivity contribution in [3.63, 3.8) is 0 Å². The topological polar surface area (TPSA) is 173 Å². The van der Waals surface area contributed by atoms with Crippen LogP contribution in [0.5, 0.6) is 0 Å². The maximum Gasteiger partial charge on any atom is 0.363 e. The van der Waals surface area contributed by atoms with Crippen molar-refractivity contribution in [3.8, 4) is 0 Å². The first-order valence-electron chi connectivity index (χ1n) is 8.84. The van der Waals surface area contributed by atoms with Crippen molar-refractivity contribution < 1.29 is 19.2 Å². The third-order valence-corrected chi connectivity index (χ3v) is 4.26. The van der Waals surface area contributed by atoms with Gasteiger partial charge in [-0.05, 0) is 24.3 Å². The first-order valence-corrected chi connectivity index (χ1v) is 8.84. The number of nitrogens with two attached hydrogens (primary N) is 1. The van der Waals surface area contributed by atoms with Gasteiger partial charge in [0.15, 0.2) is 11.2 Å². The SMILES string of the molecule is Nc1nc2ncc(CNc3ccc(C(=O)ON4C(=O)CCC4=O)cc3)nc2c(=O)[nH]1. The van der Waals surface area contributed by atoms with E-state index in [1.54, 1.807) is 12.1 Å². The number of hydrogen-bond donors (Lipinski definition) is 3. The highest BCUT2D eigenvalue weighted by atomic mass is 16.7. The van der Waals surface area contributed by atoms with Gasteiger partial charge in [-0.3, -0.25) is 19.4 Å². The van der Waals surface area contributed by atoms with Crippen LogP contribution >= 0.6 is 0 Å². The molecule has 0 saturated carbocycles. The molecule has 0 unspecified atom stereocenters. The van der Waals surface area contributed by atoms with Crippen LogP contribution in [0, 0.1) is 0 Å². The van der Waals surface area contributed by atoms with Crippen molar-refractivity contribution >= 4 is 40.6 Å². The van der Waals surface area contributed by atoms with Gasteiger partial charge in [0.1, 0.15) is 0 Å². The predicted molar refractivity (Wildman–Crippen MR) is 103 cm³/mol. The quantitative estimate of drug-likeness (QED) is 0.491. The second kappa shape index (κ2) is 7.58. The zero-order chi connectivity index (χ0) is 21.3. The van der Waals surface area contributed by atoms with Gasteiger partial charge in [0.05, 0.1) is 24.0 Å². The van der Waals surface area contributed by atoms with Crippen LogP contribution < -0.4 is 16.6 Å². The molecule has 0 atom stereocenters. The van der Waals surface area contributed by atoms with Gasteiger partial charge in [0.2, 0.25) is 5.95 Å². The van der Waals surface area contributed by atoms with Crippen LogP contribution in [-0.2, 0) is 21.0 Å². The van der Waals surface area contributed by atoms with Crippen molar-refractivity contribution in [2.24, 2.45) is 0 Å². The summed E-state index contributed by atoms with van der Waals surface area (Å²) >= 11 is 0. The molecule has 152 valence electrons. The van der Waals surface area contributed by atoms with Crippen molar-refractivity contribution in [3.05, 3.63) is 52.1 Å². The molecule has 1 aromatic carbocycles. The van der Waals surface area contributed by atoms with Crippen LogP contribution in [0.2, 0.25) is 0 Å². The summed E-state index contributed by atoms with van der Waals surface area (Å²) in [7, 11) is 0. The monoisotopic (exact) mass is 409 g/mol. The first-order chi connectivity index (χ1) is 14.4. The van der Waals surface area contributed by atoms with E-state index in [-0.39, 0.29) is 42.1 Å². The molecular weight excluding hydrogens is 394 g/mol. The minimum atomic E-state index is -0.809. The lowest BCUT2D eigenvalue weighted by molar-refractivity contribution is -0.172. The molecule has 0 aliphatic carbocycles. The number of carbonyl (C=O) groups excluding carboxylic acids is 3. The van der Waals surface area contributed by atoms with E-state index >= 15 is 0 Å². The molecule has 12 nitrogen and oxygen atoms in total. The number of nitrogens with one attached hydrogen (secondary N) is 2. The average molecular weight is 409 g/mol. The minimum absolute atomic E-state index is 0.0297. The molecule has 3 heterocycles. The van der Waals surface area contributed by atoms with Crippen LogP contribution in [0.3, 0.4) is 0 Å². The Morgan fingerprint density at radius 2 is 1.83 bits per heavy atom. The van der Waals surface area contributed by atoms with Gasteiger partial charge in [-0.2, -0.15) is 4.98 Å². The van der Waals surface area contributed by atoms with E-state index in [0.29, 0.717) is 16.4 Å². The molecule has 0 radical (unpaired) electrons. The van der Waals surface area contributed by atoms with Gasteiger partial charge < -0.3 is 15.9 Å². The summed E-state index contributed by atoms with van der Waals surface area (Å²) in [5.74, 6) is -1.93. The van der Waals surface area contributed by atoms with E-state index in [0.717, 1.165) is 0 Å². The molecule has 12 heteroatoms. The van der Waals surface area contributed by atoms with Crippen LogP contribution in [0.25, 0.3) is 11.2 Å². The Hall–Kier alpha value is -4.35. The molecule has 1 fully saturated rings. The number of rotatable bonds is 5. The number of nitrogen functional groups attached to an aromatic ring is 1. The minimum Gasteiger partial charge on any atom is -0.379 e. The smallest absolute Gasteiger partial charge is 0.363 e. The Morgan fingerprint density at radius 1 is 1.13 bits per heavy atom. The van der Waals surface area contributed by atoms with Gasteiger partial charge in [0, 0.05) is 18.5 Å². The molecule has 2 amide bonds. The lowest BCUT2D eigenvalue weighted by Gasteiger charge is -2.12. The molecule has 0 bridgehead atoms. The van der Waals surface area contributed by atoms with Crippen molar-refractivity contribution in [2.75, 3.05) is 11.1 Å². The number of aromatic nitrogens is 4. The van der Waals surface area contributed by atoms with E-state index in [1.807, 2.05) is 0 Å². The largest absolute Gasteiger partial charge is 0.379 e. The number of fused-ring (bicyclic) bond motifs is 1. The lowest BCUT2D eigenvalue weighted by Crippen LogP contribution is -2.32. The Balaban J connectivity index is 1.41. The Kier molecular flexibility index (Phi) is 4.80. The van der Waals surface area contributed by atoms with Crippen LogP contribution in [0.4, 0.5) is 11.6 Å². The number of anilines is 2. The van der Waals surface area contributed by atoms with Gasteiger partial charge in [0.25, 0.3) is 17.4 Å². The highest BCUT2D eigenvalue weighted by Gasteiger charge is 2.33. The number of amides is 2. The standard InChI is InChI=1S/C18H15N7O5/c19-18-23-15-14(16(28)24-18)22-11(8-21-15)7-20-10-3-1-9(2-4-10)17(29)30-25-12(26)5-6-13(25)27/h1-4,8,20H,5-7H2,(H3,19,21,23,24,28). The zero-order valence-corrected chi connectivity index (χ0v) is 15.4. The number of H-pyrrole nitrogens is 1. The van der Waals surface area contributed by atoms with Gasteiger partial charge in [-0.1, -0.05) is 0 Å². The highest BCUT2D eigenvalue weighted by molar-refractivity contribution is 6.02. The molecule has 2 aromatic heterocycles. The fraction of sp³-hybridized carbons (Fsp3) is 0.167. The average Bonchev–Trinajstić information content (AvgIpc) is 3.04. The van der Waals surface area contributed by atoms with E-state index in [2.05, 4.69) is 25.3 Å². The number of carbonyl (C=O) groups is 3. The molecule has 3 aromatic rings. The number of benzene rings is 1. The van der Waals surface area contributed by atoms with Crippen molar-refractivity contribution in [1.29, 1.82) is 0 Å². The number of imide groups is 1. The zero-order valence-electron chi connectivity index (χ0n) is 15.4. The molecule has 1 aliphatic rings. The number of aromatic amines is 1. The maximum atomic E-state index is 12.1. The number of hydroxylamine groups is 2. The third-order valence-electron chi connectivity index (χ3n) is 4.26. The number of nitrogens with zero attached hydrogens (tertiary/aromatic N) is 4. The molecule has 4 rings (SSSR count). The summed E-state index contributed by atoms with van der Waals surface area (Å²) in [4.78, 5) is 66.5. The summed E-state index contributed by atoms with van der Waals surface area (Å²) in [6.07, 6.45) is 1.53. The fourth-order valence-electron chi connectivity index (χ4n) is 2.77. The first kappa shape index (κ1) is 19.0. The predicted octanol–water partition coefficient (Wildman–Crippen LogP) is 0.128. The lowest BCUT2D eigenvalue weighted by atomic mass is 10.2. The maximum absolute atomic E-state index is 12.1. The van der Waals surface area contributed by atoms with E-state index in [4.69, 9.17) is 10.6 Å². The van der Waals surface area contributed by atoms with Crippen molar-refractivity contribution in [2.45, 2.75) is 19.4 Å². The Morgan fingerprint density at radius 3 is 2.53 bits per heavy atom. The normalized spacial score (nSPS) is 13.7. The van der Waals surface area contributed by atoms with Crippen LogP contribution in [0.15, 0.2) is 35.3 Å². The van der Waals surface area contributed by atoms with E-state index in [9.17, 15) is 19.2 Å². The summed E-state index contributed by atoms with van der Waals surface area (Å²) in [6.45, 7) is 0.257. The van der Waals surface area contributed by atoms with Crippen molar-refractivity contribution in [1.82, 2.24) is 25.0 Å². The second-order valence-corrected chi connectivity index (χ2v) is 6.38. The Labute approximate surface area is 168 Å². The number of hydrogen-bond acceptors (Lipinski definition) is 10. The fourth-order valence-corrected chi connectivity index (χ4v) is 2.77. The summed E-state index contributed by atoms with van der Waals surface area (Å²) in [6, 6.07) is 6.21. The molecule has 4 N–H and O–H groups in total. The second-order valence-electron chi connectivity index (χ2n) is 6.38. The Bertz CT molecular complexity index is 1210. The molecule has 0 spiro atoms. The van der Waals surface area contributed by atoms with Gasteiger partial charge >= 0.3 is 5.97 Å². The van der Waals surface area contributed by atoms with E-state index in [1.165, 1.54) is 18.3 Å². The van der Waals surface area contributed by atoms with Crippen LogP contribution in [-0.4, -0.2) is 42.8 Å². The summed E-state index contributed by atoms with van der Waals surface area (Å²) in [5, 5.41) is 3.58. The molecular formula is C18H15N7O5. The third kappa shape index (κ3) is 3.78. The van der Waals surface area contributed by atoms with Crippen LogP contribution in [0.1, 0.15) is 28.9 Å². The van der Waals surface area contributed by atoms with E-state index < -0.39 is 23.3 Å². The van der Waals surface area contributed by atoms with Gasteiger partial charge in [-0.25, -0.2) is 14.8 Å².